The summed E-state index contributed by atoms with van der Waals surface area (Å²) in [5.74, 6) is 0.748. The van der Waals surface area contributed by atoms with Crippen LogP contribution in [-0.4, -0.2) is 40.3 Å². The van der Waals surface area contributed by atoms with Crippen LogP contribution in [0, 0.1) is 0 Å². The van der Waals surface area contributed by atoms with Crippen molar-refractivity contribution in [1.82, 2.24) is 15.4 Å². The van der Waals surface area contributed by atoms with Crippen LogP contribution in [0.1, 0.15) is 18.9 Å². The van der Waals surface area contributed by atoms with Gasteiger partial charge in [0.25, 0.3) is 0 Å². The topological polar surface area (TPSA) is 82.6 Å². The average Bonchev–Trinajstić information content (AvgIpc) is 2.87. The maximum atomic E-state index is 10.9. The normalized spacial score (nSPS) is 12.4. The third-order valence-corrected chi connectivity index (χ3v) is 3.81. The molecular weight excluding hydrogens is 296 g/mol. The van der Waals surface area contributed by atoms with Crippen LogP contribution in [0.25, 0.3) is 0 Å². The fourth-order valence-electron chi connectivity index (χ4n) is 1.45. The van der Waals surface area contributed by atoms with Crippen molar-refractivity contribution < 1.29 is 8.42 Å². The molecule has 0 atom stereocenters. The maximum Gasteiger partial charge on any atom is 0.208 e. The Bertz CT molecular complexity index is 498. The van der Waals surface area contributed by atoms with Crippen molar-refractivity contribution in [3.63, 3.8) is 0 Å². The number of guanidine groups is 1. The summed E-state index contributed by atoms with van der Waals surface area (Å²) in [4.78, 5) is 4.46. The summed E-state index contributed by atoms with van der Waals surface area (Å²) in [6, 6.07) is 2.05. The number of aliphatic imine (C=N–C) groups is 1. The van der Waals surface area contributed by atoms with E-state index in [1.54, 1.807) is 11.3 Å². The highest BCUT2D eigenvalue weighted by molar-refractivity contribution is 7.88. The molecule has 0 bridgehead atoms. The van der Waals surface area contributed by atoms with Crippen LogP contribution >= 0.6 is 11.3 Å². The third kappa shape index (κ3) is 8.13. The number of thiophene rings is 1. The summed E-state index contributed by atoms with van der Waals surface area (Å²) in [7, 11) is -3.10. The van der Waals surface area contributed by atoms with Crippen molar-refractivity contribution in [1.29, 1.82) is 0 Å². The highest BCUT2D eigenvalue weighted by Crippen LogP contribution is 2.06. The van der Waals surface area contributed by atoms with Crippen molar-refractivity contribution >= 4 is 27.3 Å². The van der Waals surface area contributed by atoms with Crippen LogP contribution in [-0.2, 0) is 16.6 Å². The Morgan fingerprint density at radius 3 is 2.75 bits per heavy atom. The zero-order valence-corrected chi connectivity index (χ0v) is 13.5. The second-order valence-electron chi connectivity index (χ2n) is 4.27. The van der Waals surface area contributed by atoms with Gasteiger partial charge >= 0.3 is 0 Å². The quantitative estimate of drug-likeness (QED) is 0.375. The summed E-state index contributed by atoms with van der Waals surface area (Å²) in [6.45, 7) is 4.53. The van der Waals surface area contributed by atoms with Gasteiger partial charge in [-0.15, -0.1) is 0 Å². The van der Waals surface area contributed by atoms with Gasteiger partial charge in [-0.25, -0.2) is 18.1 Å². The number of rotatable bonds is 8. The Hall–Kier alpha value is -1.12. The number of hydrogen-bond acceptors (Lipinski definition) is 4. The van der Waals surface area contributed by atoms with E-state index < -0.39 is 10.0 Å². The molecule has 1 aromatic rings. The van der Waals surface area contributed by atoms with Gasteiger partial charge < -0.3 is 10.6 Å². The second kappa shape index (κ2) is 8.93. The van der Waals surface area contributed by atoms with E-state index in [1.807, 2.05) is 18.4 Å². The maximum absolute atomic E-state index is 10.9. The Kier molecular flexibility index (Phi) is 7.56. The largest absolute Gasteiger partial charge is 0.357 e. The average molecular weight is 318 g/mol. The molecule has 0 radical (unpaired) electrons. The van der Waals surface area contributed by atoms with Gasteiger partial charge in [0, 0.05) is 19.6 Å². The van der Waals surface area contributed by atoms with Crippen molar-refractivity contribution in [2.75, 3.05) is 25.9 Å². The lowest BCUT2D eigenvalue weighted by Gasteiger charge is -2.11. The predicted octanol–water partition coefficient (Wildman–Crippen LogP) is 0.743. The summed E-state index contributed by atoms with van der Waals surface area (Å²) < 4.78 is 24.3. The number of hydrogen-bond donors (Lipinski definition) is 3. The molecule has 0 amide bonds. The highest BCUT2D eigenvalue weighted by atomic mass is 32.2. The lowest BCUT2D eigenvalue weighted by molar-refractivity contribution is 0.584. The van der Waals surface area contributed by atoms with Gasteiger partial charge in [0.2, 0.25) is 10.0 Å². The second-order valence-corrected chi connectivity index (χ2v) is 6.89. The molecule has 0 aliphatic carbocycles. The number of nitrogens with one attached hydrogen (secondary N) is 3. The summed E-state index contributed by atoms with van der Waals surface area (Å²) >= 11 is 1.66. The van der Waals surface area contributed by atoms with E-state index in [-0.39, 0.29) is 0 Å². The fourth-order valence-corrected chi connectivity index (χ4v) is 2.62. The molecule has 1 heterocycles. The minimum Gasteiger partial charge on any atom is -0.357 e. The van der Waals surface area contributed by atoms with Gasteiger partial charge in [0.1, 0.15) is 0 Å². The van der Waals surface area contributed by atoms with E-state index in [1.165, 1.54) is 5.56 Å². The van der Waals surface area contributed by atoms with Crippen LogP contribution in [0.15, 0.2) is 21.8 Å². The van der Waals surface area contributed by atoms with Crippen LogP contribution in [0.4, 0.5) is 0 Å². The fraction of sp³-hybridized carbons (Fsp3) is 0.583. The lowest BCUT2D eigenvalue weighted by Crippen LogP contribution is -2.38. The first-order chi connectivity index (χ1) is 9.51. The molecule has 1 aromatic heterocycles. The molecule has 0 aliphatic rings. The molecule has 0 saturated carbocycles. The number of sulfonamides is 1. The van der Waals surface area contributed by atoms with Crippen LogP contribution in [0.3, 0.4) is 0 Å². The predicted molar refractivity (Wildman–Crippen MR) is 84.6 cm³/mol. The third-order valence-electron chi connectivity index (χ3n) is 2.35. The Morgan fingerprint density at radius 1 is 1.35 bits per heavy atom. The first kappa shape index (κ1) is 16.9. The molecule has 0 aromatic carbocycles. The molecule has 0 fully saturated rings. The zero-order valence-electron chi connectivity index (χ0n) is 11.8. The molecule has 0 spiro atoms. The van der Waals surface area contributed by atoms with Gasteiger partial charge in [0.05, 0.1) is 12.8 Å². The number of nitrogens with zero attached hydrogens (tertiary/aromatic N) is 1. The van der Waals surface area contributed by atoms with E-state index in [9.17, 15) is 8.42 Å². The van der Waals surface area contributed by atoms with E-state index in [0.29, 0.717) is 26.1 Å². The SMILES string of the molecule is CCNC(=NCc1ccsc1)NCCCNS(C)(=O)=O. The highest BCUT2D eigenvalue weighted by Gasteiger charge is 2.00. The van der Waals surface area contributed by atoms with Gasteiger partial charge in [-0.05, 0) is 35.7 Å². The Morgan fingerprint density at radius 2 is 2.15 bits per heavy atom. The summed E-state index contributed by atoms with van der Waals surface area (Å²) in [5.41, 5.74) is 1.19. The van der Waals surface area contributed by atoms with Crippen molar-refractivity contribution in [3.8, 4) is 0 Å². The monoisotopic (exact) mass is 318 g/mol. The van der Waals surface area contributed by atoms with Gasteiger partial charge in [0.15, 0.2) is 5.96 Å². The first-order valence-corrected chi connectivity index (χ1v) is 9.32. The molecule has 1 rings (SSSR count). The van der Waals surface area contributed by atoms with Crippen molar-refractivity contribution in [3.05, 3.63) is 22.4 Å². The van der Waals surface area contributed by atoms with E-state index in [2.05, 4.69) is 25.7 Å². The van der Waals surface area contributed by atoms with Crippen LogP contribution < -0.4 is 15.4 Å². The van der Waals surface area contributed by atoms with Gasteiger partial charge in [-0.2, -0.15) is 11.3 Å². The Labute approximate surface area is 124 Å². The summed E-state index contributed by atoms with van der Waals surface area (Å²) in [5, 5.41) is 10.4. The molecule has 0 saturated heterocycles. The van der Waals surface area contributed by atoms with Crippen molar-refractivity contribution in [2.24, 2.45) is 4.99 Å². The zero-order chi connectivity index (χ0) is 14.8. The standard InChI is InChI=1S/C12H22N4O2S2/c1-3-13-12(15-9-11-5-8-19-10-11)14-6-4-7-16-20(2,17)18/h5,8,10,16H,3-4,6-7,9H2,1-2H3,(H2,13,14,15). The molecule has 0 unspecified atom stereocenters. The van der Waals surface area contributed by atoms with Crippen molar-refractivity contribution in [2.45, 2.75) is 19.9 Å². The smallest absolute Gasteiger partial charge is 0.208 e. The van der Waals surface area contributed by atoms with E-state index in [4.69, 9.17) is 0 Å². The molecule has 8 heteroatoms. The molecule has 20 heavy (non-hydrogen) atoms. The minimum atomic E-state index is -3.10. The van der Waals surface area contributed by atoms with Crippen LogP contribution in [0.2, 0.25) is 0 Å². The lowest BCUT2D eigenvalue weighted by atomic mass is 10.3. The van der Waals surface area contributed by atoms with Crippen LogP contribution in [0.5, 0.6) is 0 Å². The van der Waals surface area contributed by atoms with Gasteiger partial charge in [-0.3, -0.25) is 0 Å². The first-order valence-electron chi connectivity index (χ1n) is 6.49. The Balaban J connectivity index is 2.30. The van der Waals surface area contributed by atoms with Gasteiger partial charge in [-0.1, -0.05) is 0 Å². The van der Waals surface area contributed by atoms with E-state index in [0.717, 1.165) is 18.8 Å². The molecule has 114 valence electrons. The van der Waals surface area contributed by atoms with E-state index >= 15 is 0 Å². The molecule has 6 nitrogen and oxygen atoms in total. The molecule has 0 aliphatic heterocycles. The summed E-state index contributed by atoms with van der Waals surface area (Å²) in [6.07, 6.45) is 1.86. The molecule has 3 N–H and O–H groups in total. The minimum absolute atomic E-state index is 0.426. The molecular formula is C12H22N4O2S2.